The zero-order valence-corrected chi connectivity index (χ0v) is 25.8. The Balaban J connectivity index is 0.000000546. The molecule has 0 fully saturated rings. The van der Waals surface area contributed by atoms with E-state index in [1.54, 1.807) is 14.2 Å². The molecule has 3 aromatic rings. The number of ether oxygens (including phenoxy) is 2. The first-order valence-electron chi connectivity index (χ1n) is 12.5. The number of rotatable bonds is 8. The summed E-state index contributed by atoms with van der Waals surface area (Å²) in [5, 5.41) is 1.05. The Morgan fingerprint density at radius 3 is 1.78 bits per heavy atom. The number of hydrogen-bond donors (Lipinski definition) is 1. The Morgan fingerprint density at radius 2 is 1.36 bits per heavy atom. The van der Waals surface area contributed by atoms with Gasteiger partial charge in [0.1, 0.15) is 11.5 Å². The summed E-state index contributed by atoms with van der Waals surface area (Å²) in [5.41, 5.74) is 13.1. The average molecular weight is 599 g/mol. The number of hydrogen-bond acceptors (Lipinski definition) is 3. The first-order chi connectivity index (χ1) is 16.7. The summed E-state index contributed by atoms with van der Waals surface area (Å²) in [7, 11) is 6.31. The van der Waals surface area contributed by atoms with E-state index in [0.717, 1.165) is 28.8 Å². The second-order valence-electron chi connectivity index (χ2n) is 9.72. The molecule has 0 radical (unpaired) electrons. The number of methoxy groups -OCH3 is 2. The van der Waals surface area contributed by atoms with Crippen molar-refractivity contribution in [1.82, 2.24) is 0 Å². The molecular weight excluding hydrogens is 556 g/mol. The Kier molecular flexibility index (Phi) is 14.0. The van der Waals surface area contributed by atoms with Crippen LogP contribution in [0.15, 0.2) is 48.5 Å². The number of benzene rings is 3. The van der Waals surface area contributed by atoms with E-state index in [-0.39, 0.29) is 20.4 Å². The number of nitrogens with two attached hydrogens (primary N) is 1. The zero-order valence-electron chi connectivity index (χ0n) is 23.1. The van der Waals surface area contributed by atoms with Crippen LogP contribution < -0.4 is 20.5 Å². The third-order valence-electron chi connectivity index (χ3n) is 6.18. The summed E-state index contributed by atoms with van der Waals surface area (Å²) in [6.45, 7) is 14.3. The van der Waals surface area contributed by atoms with Gasteiger partial charge in [-0.25, -0.2) is 0 Å². The fourth-order valence-corrected chi connectivity index (χ4v) is 4.67. The summed E-state index contributed by atoms with van der Waals surface area (Å²) in [5.74, 6) is 3.09. The van der Waals surface area contributed by atoms with Crippen molar-refractivity contribution in [3.8, 4) is 22.6 Å². The van der Waals surface area contributed by atoms with Crippen LogP contribution in [0.4, 0.5) is 0 Å². The van der Waals surface area contributed by atoms with Crippen molar-refractivity contribution in [2.45, 2.75) is 65.7 Å². The van der Waals surface area contributed by atoms with E-state index in [0.29, 0.717) is 24.3 Å². The van der Waals surface area contributed by atoms with E-state index in [2.05, 4.69) is 69.0 Å². The molecule has 3 aromatic carbocycles. The molecule has 0 aliphatic heterocycles. The Bertz CT molecular complexity index is 1050. The van der Waals surface area contributed by atoms with Gasteiger partial charge in [-0.15, -0.1) is 9.24 Å². The van der Waals surface area contributed by atoms with Crippen molar-refractivity contribution >= 4 is 14.5 Å². The molecule has 1 atom stereocenters. The predicted molar refractivity (Wildman–Crippen MR) is 155 cm³/mol. The first kappa shape index (κ1) is 32.3. The molecule has 0 aliphatic rings. The molecule has 0 heterocycles. The van der Waals surface area contributed by atoms with Crippen molar-refractivity contribution in [2.75, 3.05) is 20.8 Å². The molecule has 2 N–H and O–H groups in total. The van der Waals surface area contributed by atoms with Crippen LogP contribution in [0.3, 0.4) is 0 Å². The molecule has 0 spiro atoms. The van der Waals surface area contributed by atoms with E-state index in [1.165, 1.54) is 27.8 Å². The summed E-state index contributed by atoms with van der Waals surface area (Å²) in [4.78, 5) is 0. The third-order valence-corrected chi connectivity index (χ3v) is 6.75. The third kappa shape index (κ3) is 8.16. The predicted octanol–water partition coefficient (Wildman–Crippen LogP) is 7.23. The SMILES string of the molecule is COc1ccc(OC)c(-c2c(C(C)C)cc(C(C)C)cc2C(C)C)c1P.NCCc1[c-]cccc1.[Pd]. The van der Waals surface area contributed by atoms with Gasteiger partial charge in [-0.2, -0.15) is 35.9 Å². The van der Waals surface area contributed by atoms with Gasteiger partial charge < -0.3 is 15.2 Å². The molecular formula is C31H43NO2PPd-. The van der Waals surface area contributed by atoms with Gasteiger partial charge in [0.2, 0.25) is 0 Å². The molecule has 0 amide bonds. The summed E-state index contributed by atoms with van der Waals surface area (Å²) < 4.78 is 11.4. The largest absolute Gasteiger partial charge is 0.496 e. The minimum atomic E-state index is 0. The van der Waals surface area contributed by atoms with Gasteiger partial charge in [0.25, 0.3) is 0 Å². The quantitative estimate of drug-likeness (QED) is 0.169. The normalized spacial score (nSPS) is 10.7. The minimum Gasteiger partial charge on any atom is -0.496 e. The molecule has 3 nitrogen and oxygen atoms in total. The molecule has 0 bridgehead atoms. The van der Waals surface area contributed by atoms with Gasteiger partial charge in [0.15, 0.2) is 0 Å². The Hall–Kier alpha value is -1.69. The molecule has 5 heteroatoms. The monoisotopic (exact) mass is 598 g/mol. The van der Waals surface area contributed by atoms with Crippen LogP contribution in [0, 0.1) is 6.07 Å². The topological polar surface area (TPSA) is 44.5 Å². The molecule has 0 aromatic heterocycles. The maximum Gasteiger partial charge on any atom is 0.127 e. The van der Waals surface area contributed by atoms with Crippen LogP contribution in [0.2, 0.25) is 0 Å². The van der Waals surface area contributed by atoms with Gasteiger partial charge in [-0.3, -0.25) is 0 Å². The smallest absolute Gasteiger partial charge is 0.127 e. The maximum absolute atomic E-state index is 5.76. The standard InChI is InChI=1S/C23H33O2P.C8H10N.Pd/c1-13(2)16-11-17(14(3)4)21(18(12-16)15(5)6)22-19(24-7)9-10-20(25-8)23(22)26;9-7-6-8-4-2-1-3-5-8;/h9-15H,26H2,1-8H3;1-4H,6-7,9H2;/q;-1;. The zero-order chi connectivity index (χ0) is 26.1. The van der Waals surface area contributed by atoms with Crippen LogP contribution in [-0.2, 0) is 26.8 Å². The van der Waals surface area contributed by atoms with Crippen LogP contribution in [0.25, 0.3) is 11.1 Å². The fourth-order valence-electron chi connectivity index (χ4n) is 4.17. The molecule has 1 unspecified atom stereocenters. The second-order valence-corrected chi connectivity index (χ2v) is 10.3. The molecule has 3 rings (SSSR count). The van der Waals surface area contributed by atoms with Crippen LogP contribution >= 0.6 is 9.24 Å². The van der Waals surface area contributed by atoms with Gasteiger partial charge >= 0.3 is 0 Å². The van der Waals surface area contributed by atoms with Crippen molar-refractivity contribution in [1.29, 1.82) is 0 Å². The summed E-state index contributed by atoms with van der Waals surface area (Å²) in [6.07, 6.45) is 0.931. The Labute approximate surface area is 235 Å². The molecule has 36 heavy (non-hydrogen) atoms. The second kappa shape index (κ2) is 15.5. The average Bonchev–Trinajstić information content (AvgIpc) is 2.84. The fraction of sp³-hybridized carbons (Fsp3) is 0.419. The van der Waals surface area contributed by atoms with Crippen molar-refractivity contribution in [2.24, 2.45) is 5.73 Å². The Morgan fingerprint density at radius 1 is 0.806 bits per heavy atom. The van der Waals surface area contributed by atoms with Gasteiger partial charge in [0.05, 0.1) is 14.2 Å². The maximum atomic E-state index is 5.76. The van der Waals surface area contributed by atoms with Crippen molar-refractivity contribution < 1.29 is 29.9 Å². The van der Waals surface area contributed by atoms with E-state index in [4.69, 9.17) is 15.2 Å². The van der Waals surface area contributed by atoms with E-state index >= 15 is 0 Å². The van der Waals surface area contributed by atoms with E-state index < -0.39 is 0 Å². The summed E-state index contributed by atoms with van der Waals surface area (Å²) >= 11 is 0. The first-order valence-corrected chi connectivity index (χ1v) is 13.1. The van der Waals surface area contributed by atoms with Crippen molar-refractivity contribution in [3.63, 3.8) is 0 Å². The van der Waals surface area contributed by atoms with E-state index in [9.17, 15) is 0 Å². The van der Waals surface area contributed by atoms with Crippen LogP contribution in [0.5, 0.6) is 11.5 Å². The molecule has 0 saturated carbocycles. The molecule has 0 saturated heterocycles. The van der Waals surface area contributed by atoms with Gasteiger partial charge in [-0.05, 0) is 65.1 Å². The van der Waals surface area contributed by atoms with Crippen molar-refractivity contribution in [3.05, 3.63) is 76.9 Å². The molecule has 0 aliphatic carbocycles. The minimum absolute atomic E-state index is 0. The summed E-state index contributed by atoms with van der Waals surface area (Å²) in [6, 6.07) is 19.7. The van der Waals surface area contributed by atoms with E-state index in [1.807, 2.05) is 36.4 Å². The van der Waals surface area contributed by atoms with Crippen LogP contribution in [0.1, 0.15) is 81.5 Å². The van der Waals surface area contributed by atoms with Gasteiger partial charge in [-0.1, -0.05) is 53.7 Å². The van der Waals surface area contributed by atoms with Crippen LogP contribution in [-0.4, -0.2) is 20.8 Å². The molecule has 200 valence electrons. The van der Waals surface area contributed by atoms with Gasteiger partial charge in [0, 0.05) is 31.3 Å².